The van der Waals surface area contributed by atoms with E-state index in [4.69, 9.17) is 0 Å². The van der Waals surface area contributed by atoms with Gasteiger partial charge in [0, 0.05) is 51.7 Å². The number of pyridine rings is 1. The molecular formula is C18H25N7O. The fourth-order valence-electron chi connectivity index (χ4n) is 3.76. The molecule has 0 aliphatic carbocycles. The fourth-order valence-corrected chi connectivity index (χ4v) is 3.76. The smallest absolute Gasteiger partial charge is 0.276 e. The Morgan fingerprint density at radius 3 is 2.92 bits per heavy atom. The molecule has 0 unspecified atom stereocenters. The molecule has 0 radical (unpaired) electrons. The van der Waals surface area contributed by atoms with Crippen molar-refractivity contribution in [3.63, 3.8) is 0 Å². The Kier molecular flexibility index (Phi) is 5.21. The lowest BCUT2D eigenvalue weighted by molar-refractivity contribution is 0.0729. The van der Waals surface area contributed by atoms with E-state index in [1.54, 1.807) is 17.1 Å². The molecule has 2 aromatic rings. The van der Waals surface area contributed by atoms with Gasteiger partial charge in [0.25, 0.3) is 5.91 Å². The Labute approximate surface area is 153 Å². The minimum absolute atomic E-state index is 0.0372. The molecule has 0 aromatic carbocycles. The van der Waals surface area contributed by atoms with Crippen molar-refractivity contribution in [3.05, 3.63) is 42.0 Å². The van der Waals surface area contributed by atoms with Crippen molar-refractivity contribution in [1.82, 2.24) is 35.1 Å². The van der Waals surface area contributed by atoms with Crippen LogP contribution in [-0.4, -0.2) is 75.0 Å². The largest absolute Gasteiger partial charge is 0.330 e. The highest BCUT2D eigenvalue weighted by atomic mass is 16.2. The van der Waals surface area contributed by atoms with E-state index < -0.39 is 0 Å². The predicted octanol–water partition coefficient (Wildman–Crippen LogP) is 0.556. The van der Waals surface area contributed by atoms with Crippen molar-refractivity contribution in [1.29, 1.82) is 0 Å². The molecule has 138 valence electrons. The van der Waals surface area contributed by atoms with Crippen LogP contribution in [0.3, 0.4) is 0 Å². The first kappa shape index (κ1) is 17.1. The molecule has 1 amide bonds. The Hall–Kier alpha value is -2.32. The number of aromatic nitrogens is 4. The average molecular weight is 355 g/mol. The van der Waals surface area contributed by atoms with Gasteiger partial charge in [-0.1, -0.05) is 11.3 Å². The van der Waals surface area contributed by atoms with Crippen molar-refractivity contribution in [3.8, 4) is 0 Å². The van der Waals surface area contributed by atoms with Crippen LogP contribution >= 0.6 is 0 Å². The standard InChI is InChI=1S/C18H25N7O/c26-18(25-8-2-4-17(25)15-3-1-5-20-13-15)16-14-24(22-21-16)12-11-23-9-6-19-7-10-23/h1,3,5,13-14,17,19H,2,4,6-12H2/t17-/m0/s1. The number of carbonyl (C=O) groups excluding carboxylic acids is 1. The lowest BCUT2D eigenvalue weighted by atomic mass is 10.1. The maximum atomic E-state index is 12.9. The first-order valence-electron chi connectivity index (χ1n) is 9.35. The molecule has 0 spiro atoms. The molecule has 2 saturated heterocycles. The van der Waals surface area contributed by atoms with Gasteiger partial charge in [0.15, 0.2) is 5.69 Å². The normalized spacial score (nSPS) is 21.2. The molecule has 0 bridgehead atoms. The Bertz CT molecular complexity index is 726. The second-order valence-corrected chi connectivity index (χ2v) is 6.90. The van der Waals surface area contributed by atoms with Crippen molar-refractivity contribution in [2.45, 2.75) is 25.4 Å². The number of hydrogen-bond donors (Lipinski definition) is 1. The summed E-state index contributed by atoms with van der Waals surface area (Å²) in [7, 11) is 0. The van der Waals surface area contributed by atoms with Crippen molar-refractivity contribution >= 4 is 5.91 Å². The quantitative estimate of drug-likeness (QED) is 0.844. The molecule has 4 heterocycles. The molecule has 1 atom stereocenters. The van der Waals surface area contributed by atoms with E-state index in [0.29, 0.717) is 5.69 Å². The number of hydrogen-bond acceptors (Lipinski definition) is 6. The van der Waals surface area contributed by atoms with Crippen LogP contribution in [0.5, 0.6) is 0 Å². The van der Waals surface area contributed by atoms with Crippen LogP contribution in [0.4, 0.5) is 0 Å². The van der Waals surface area contributed by atoms with E-state index in [-0.39, 0.29) is 11.9 Å². The maximum absolute atomic E-state index is 12.9. The number of amides is 1. The second kappa shape index (κ2) is 7.92. The summed E-state index contributed by atoms with van der Waals surface area (Å²) in [6.45, 7) is 6.62. The van der Waals surface area contributed by atoms with E-state index in [9.17, 15) is 4.79 Å². The molecular weight excluding hydrogens is 330 g/mol. The summed E-state index contributed by atoms with van der Waals surface area (Å²) in [5, 5.41) is 11.6. The highest BCUT2D eigenvalue weighted by Gasteiger charge is 2.32. The summed E-state index contributed by atoms with van der Waals surface area (Å²) < 4.78 is 1.78. The van der Waals surface area contributed by atoms with Gasteiger partial charge in [-0.2, -0.15) is 0 Å². The van der Waals surface area contributed by atoms with Crippen LogP contribution in [0.2, 0.25) is 0 Å². The van der Waals surface area contributed by atoms with Gasteiger partial charge in [0.1, 0.15) is 0 Å². The van der Waals surface area contributed by atoms with E-state index in [2.05, 4.69) is 25.5 Å². The third-order valence-electron chi connectivity index (χ3n) is 5.20. The summed E-state index contributed by atoms with van der Waals surface area (Å²) in [6.07, 6.45) is 7.36. The molecule has 2 fully saturated rings. The predicted molar refractivity (Wildman–Crippen MR) is 96.6 cm³/mol. The molecule has 0 saturated carbocycles. The molecule has 2 aliphatic heterocycles. The van der Waals surface area contributed by atoms with Gasteiger partial charge in [-0.15, -0.1) is 5.10 Å². The highest BCUT2D eigenvalue weighted by Crippen LogP contribution is 2.32. The minimum atomic E-state index is -0.0372. The molecule has 4 rings (SSSR count). The summed E-state index contributed by atoms with van der Waals surface area (Å²) in [5.74, 6) is -0.0372. The van der Waals surface area contributed by atoms with Gasteiger partial charge < -0.3 is 10.2 Å². The summed E-state index contributed by atoms with van der Waals surface area (Å²) >= 11 is 0. The van der Waals surface area contributed by atoms with E-state index in [1.807, 2.05) is 23.2 Å². The van der Waals surface area contributed by atoms with Gasteiger partial charge >= 0.3 is 0 Å². The Morgan fingerprint density at radius 2 is 2.12 bits per heavy atom. The van der Waals surface area contributed by atoms with Gasteiger partial charge in [0.05, 0.1) is 18.8 Å². The SMILES string of the molecule is O=C(c1cn(CCN2CCNCC2)nn1)N1CCC[C@H]1c1cccnc1. The summed E-state index contributed by atoms with van der Waals surface area (Å²) in [6, 6.07) is 4.04. The Balaban J connectivity index is 1.39. The molecule has 1 N–H and O–H groups in total. The number of piperazine rings is 1. The van der Waals surface area contributed by atoms with Crippen molar-refractivity contribution in [2.24, 2.45) is 0 Å². The number of carbonyl (C=O) groups is 1. The van der Waals surface area contributed by atoms with Crippen molar-refractivity contribution < 1.29 is 4.79 Å². The zero-order chi connectivity index (χ0) is 17.8. The van der Waals surface area contributed by atoms with Crippen LogP contribution < -0.4 is 5.32 Å². The van der Waals surface area contributed by atoms with E-state index >= 15 is 0 Å². The number of rotatable bonds is 5. The van der Waals surface area contributed by atoms with Gasteiger partial charge in [-0.05, 0) is 24.5 Å². The first-order valence-corrected chi connectivity index (χ1v) is 9.35. The summed E-state index contributed by atoms with van der Waals surface area (Å²) in [4.78, 5) is 21.4. The second-order valence-electron chi connectivity index (χ2n) is 6.90. The monoisotopic (exact) mass is 355 g/mol. The molecule has 26 heavy (non-hydrogen) atoms. The van der Waals surface area contributed by atoms with E-state index in [1.165, 1.54) is 0 Å². The van der Waals surface area contributed by atoms with Gasteiger partial charge in [-0.3, -0.25) is 19.4 Å². The first-order chi connectivity index (χ1) is 12.8. The molecule has 8 heteroatoms. The third-order valence-corrected chi connectivity index (χ3v) is 5.20. The fraction of sp³-hybridized carbons (Fsp3) is 0.556. The third kappa shape index (κ3) is 3.76. The number of nitrogens with zero attached hydrogens (tertiary/aromatic N) is 6. The Morgan fingerprint density at radius 1 is 1.23 bits per heavy atom. The number of likely N-dealkylation sites (tertiary alicyclic amines) is 1. The van der Waals surface area contributed by atoms with Crippen LogP contribution in [0, 0.1) is 0 Å². The maximum Gasteiger partial charge on any atom is 0.276 e. The van der Waals surface area contributed by atoms with Crippen LogP contribution in [-0.2, 0) is 6.54 Å². The van der Waals surface area contributed by atoms with Gasteiger partial charge in [-0.25, -0.2) is 0 Å². The van der Waals surface area contributed by atoms with Crippen molar-refractivity contribution in [2.75, 3.05) is 39.3 Å². The van der Waals surface area contributed by atoms with Crippen LogP contribution in [0.1, 0.15) is 34.9 Å². The zero-order valence-electron chi connectivity index (χ0n) is 14.9. The topological polar surface area (TPSA) is 79.2 Å². The molecule has 8 nitrogen and oxygen atoms in total. The lowest BCUT2D eigenvalue weighted by Crippen LogP contribution is -2.44. The van der Waals surface area contributed by atoms with Crippen LogP contribution in [0.25, 0.3) is 0 Å². The zero-order valence-corrected chi connectivity index (χ0v) is 14.9. The van der Waals surface area contributed by atoms with E-state index in [0.717, 1.165) is 64.2 Å². The molecule has 2 aromatic heterocycles. The van der Waals surface area contributed by atoms with Crippen LogP contribution in [0.15, 0.2) is 30.7 Å². The highest BCUT2D eigenvalue weighted by molar-refractivity contribution is 5.92. The van der Waals surface area contributed by atoms with Gasteiger partial charge in [0.2, 0.25) is 0 Å². The number of nitrogens with one attached hydrogen (secondary N) is 1. The average Bonchev–Trinajstić information content (AvgIpc) is 3.37. The minimum Gasteiger partial charge on any atom is -0.330 e. The molecule has 2 aliphatic rings. The lowest BCUT2D eigenvalue weighted by Gasteiger charge is -2.26. The summed E-state index contributed by atoms with van der Waals surface area (Å²) in [5.41, 5.74) is 1.52.